The summed E-state index contributed by atoms with van der Waals surface area (Å²) >= 11 is 0. The SMILES string of the molecule is Cc1cccc(C)c1N(CCC(=O)NCCN1CCOCC1)S(C)(=O)=O. The van der Waals surface area contributed by atoms with E-state index in [1.54, 1.807) is 0 Å². The van der Waals surface area contributed by atoms with E-state index >= 15 is 0 Å². The summed E-state index contributed by atoms with van der Waals surface area (Å²) in [6.07, 6.45) is 1.30. The van der Waals surface area contributed by atoms with Crippen LogP contribution in [0.25, 0.3) is 0 Å². The summed E-state index contributed by atoms with van der Waals surface area (Å²) in [7, 11) is -3.47. The first-order valence-corrected chi connectivity index (χ1v) is 10.7. The number of aryl methyl sites for hydroxylation is 2. The molecule has 0 unspecified atom stereocenters. The average Bonchev–Trinajstić information content (AvgIpc) is 2.57. The molecular weight excluding hydrogens is 354 g/mol. The molecule has 1 aromatic carbocycles. The molecule has 1 fully saturated rings. The maximum absolute atomic E-state index is 12.2. The minimum absolute atomic E-state index is 0.129. The molecule has 1 aromatic rings. The second-order valence-corrected chi connectivity index (χ2v) is 8.54. The highest BCUT2D eigenvalue weighted by molar-refractivity contribution is 7.92. The molecule has 0 aromatic heterocycles. The van der Waals surface area contributed by atoms with Crippen LogP contribution in [0, 0.1) is 13.8 Å². The van der Waals surface area contributed by atoms with Crippen LogP contribution in [-0.2, 0) is 19.6 Å². The molecule has 0 bridgehead atoms. The number of amides is 1. The number of ether oxygens (including phenoxy) is 1. The Hall–Kier alpha value is -1.64. The molecule has 0 aliphatic carbocycles. The Morgan fingerprint density at radius 3 is 2.42 bits per heavy atom. The van der Waals surface area contributed by atoms with Crippen LogP contribution in [0.2, 0.25) is 0 Å². The zero-order valence-corrected chi connectivity index (χ0v) is 16.6. The van der Waals surface area contributed by atoms with Crippen molar-refractivity contribution in [3.63, 3.8) is 0 Å². The summed E-state index contributed by atoms with van der Waals surface area (Å²) in [5.41, 5.74) is 2.42. The summed E-state index contributed by atoms with van der Waals surface area (Å²) in [6, 6.07) is 5.65. The van der Waals surface area contributed by atoms with Crippen LogP contribution in [0.1, 0.15) is 17.5 Å². The van der Waals surface area contributed by atoms with Gasteiger partial charge in [0.05, 0.1) is 25.2 Å². The second-order valence-electron chi connectivity index (χ2n) is 6.63. The van der Waals surface area contributed by atoms with E-state index in [1.165, 1.54) is 10.6 Å². The van der Waals surface area contributed by atoms with Crippen molar-refractivity contribution < 1.29 is 17.9 Å². The Labute approximate surface area is 156 Å². The Balaban J connectivity index is 1.90. The van der Waals surface area contributed by atoms with E-state index in [0.717, 1.165) is 44.0 Å². The van der Waals surface area contributed by atoms with E-state index in [1.807, 2.05) is 32.0 Å². The van der Waals surface area contributed by atoms with Gasteiger partial charge in [0.1, 0.15) is 0 Å². The third-order valence-corrected chi connectivity index (χ3v) is 5.65. The third-order valence-electron chi connectivity index (χ3n) is 4.49. The van der Waals surface area contributed by atoms with Gasteiger partial charge >= 0.3 is 0 Å². The summed E-state index contributed by atoms with van der Waals surface area (Å²) in [5.74, 6) is -0.141. The summed E-state index contributed by atoms with van der Waals surface area (Å²) in [5, 5.41) is 2.87. The zero-order chi connectivity index (χ0) is 19.2. The first-order chi connectivity index (χ1) is 12.3. The lowest BCUT2D eigenvalue weighted by Crippen LogP contribution is -2.42. The molecule has 1 heterocycles. The maximum Gasteiger partial charge on any atom is 0.232 e. The molecule has 0 radical (unpaired) electrons. The van der Waals surface area contributed by atoms with Crippen LogP contribution < -0.4 is 9.62 Å². The van der Waals surface area contributed by atoms with Crippen LogP contribution in [-0.4, -0.2) is 71.4 Å². The van der Waals surface area contributed by atoms with Gasteiger partial charge in [-0.25, -0.2) is 8.42 Å². The lowest BCUT2D eigenvalue weighted by Gasteiger charge is -2.27. The fourth-order valence-corrected chi connectivity index (χ4v) is 4.15. The first-order valence-electron chi connectivity index (χ1n) is 8.90. The van der Waals surface area contributed by atoms with Crippen LogP contribution in [0.5, 0.6) is 0 Å². The van der Waals surface area contributed by atoms with E-state index in [-0.39, 0.29) is 18.9 Å². The number of carbonyl (C=O) groups excluding carboxylic acids is 1. The van der Waals surface area contributed by atoms with Gasteiger partial charge in [0, 0.05) is 39.1 Å². The largest absolute Gasteiger partial charge is 0.379 e. The van der Waals surface area contributed by atoms with Crippen molar-refractivity contribution in [1.82, 2.24) is 10.2 Å². The Kier molecular flexibility index (Phi) is 7.43. The highest BCUT2D eigenvalue weighted by atomic mass is 32.2. The number of hydrogen-bond donors (Lipinski definition) is 1. The third kappa shape index (κ3) is 5.96. The predicted molar refractivity (Wildman–Crippen MR) is 103 cm³/mol. The van der Waals surface area contributed by atoms with E-state index in [4.69, 9.17) is 4.74 Å². The zero-order valence-electron chi connectivity index (χ0n) is 15.8. The van der Waals surface area contributed by atoms with E-state index in [2.05, 4.69) is 10.2 Å². The molecule has 0 spiro atoms. The summed E-state index contributed by atoms with van der Waals surface area (Å²) < 4.78 is 31.1. The topological polar surface area (TPSA) is 79.0 Å². The predicted octanol–water partition coefficient (Wildman–Crippen LogP) is 0.908. The van der Waals surface area contributed by atoms with Crippen LogP contribution in [0.4, 0.5) is 5.69 Å². The summed E-state index contributed by atoms with van der Waals surface area (Å²) in [4.78, 5) is 14.4. The number of morpholine rings is 1. The number of nitrogens with one attached hydrogen (secondary N) is 1. The average molecular weight is 384 g/mol. The highest BCUT2D eigenvalue weighted by Gasteiger charge is 2.21. The number of para-hydroxylation sites is 1. The van der Waals surface area contributed by atoms with Gasteiger partial charge in [-0.05, 0) is 25.0 Å². The van der Waals surface area contributed by atoms with Crippen LogP contribution in [0.15, 0.2) is 18.2 Å². The lowest BCUT2D eigenvalue weighted by molar-refractivity contribution is -0.120. The van der Waals surface area contributed by atoms with Crippen molar-refractivity contribution in [2.24, 2.45) is 0 Å². The van der Waals surface area contributed by atoms with Crippen molar-refractivity contribution in [2.75, 3.05) is 56.5 Å². The molecule has 1 amide bonds. The Morgan fingerprint density at radius 1 is 1.23 bits per heavy atom. The Morgan fingerprint density at radius 2 is 1.85 bits per heavy atom. The molecule has 8 heteroatoms. The molecule has 146 valence electrons. The van der Waals surface area contributed by atoms with Crippen LogP contribution >= 0.6 is 0 Å². The first kappa shape index (κ1) is 20.7. The number of carbonyl (C=O) groups is 1. The van der Waals surface area contributed by atoms with Gasteiger partial charge in [-0.15, -0.1) is 0 Å². The number of sulfonamides is 1. The standard InChI is InChI=1S/C18H29N3O4S/c1-15-5-4-6-16(2)18(15)21(26(3,23)24)9-7-17(22)19-8-10-20-11-13-25-14-12-20/h4-6H,7-14H2,1-3H3,(H,19,22). The van der Waals surface area contributed by atoms with Crippen molar-refractivity contribution in [3.8, 4) is 0 Å². The Bertz CT molecular complexity index is 695. The van der Waals surface area contributed by atoms with Crippen molar-refractivity contribution >= 4 is 21.6 Å². The fourth-order valence-electron chi connectivity index (χ4n) is 3.11. The maximum atomic E-state index is 12.2. The van der Waals surface area contributed by atoms with E-state index < -0.39 is 10.0 Å². The van der Waals surface area contributed by atoms with Crippen molar-refractivity contribution in [1.29, 1.82) is 0 Å². The molecule has 26 heavy (non-hydrogen) atoms. The van der Waals surface area contributed by atoms with Gasteiger partial charge in [0.15, 0.2) is 0 Å². The van der Waals surface area contributed by atoms with E-state index in [9.17, 15) is 13.2 Å². The molecule has 1 N–H and O–H groups in total. The number of benzene rings is 1. The minimum atomic E-state index is -3.47. The van der Waals surface area contributed by atoms with Crippen LogP contribution in [0.3, 0.4) is 0 Å². The number of hydrogen-bond acceptors (Lipinski definition) is 5. The second kappa shape index (κ2) is 9.34. The molecule has 2 rings (SSSR count). The van der Waals surface area contributed by atoms with E-state index in [0.29, 0.717) is 12.2 Å². The van der Waals surface area contributed by atoms with Gasteiger partial charge in [0.25, 0.3) is 0 Å². The number of rotatable bonds is 8. The fraction of sp³-hybridized carbons (Fsp3) is 0.611. The van der Waals surface area contributed by atoms with Gasteiger partial charge in [-0.3, -0.25) is 14.0 Å². The van der Waals surface area contributed by atoms with Crippen molar-refractivity contribution in [3.05, 3.63) is 29.3 Å². The molecular formula is C18H29N3O4S. The minimum Gasteiger partial charge on any atom is -0.379 e. The van der Waals surface area contributed by atoms with Gasteiger partial charge in [-0.2, -0.15) is 0 Å². The normalized spacial score (nSPS) is 15.7. The molecule has 1 saturated heterocycles. The quantitative estimate of drug-likeness (QED) is 0.722. The molecule has 0 atom stereocenters. The van der Waals surface area contributed by atoms with Gasteiger partial charge in [0.2, 0.25) is 15.9 Å². The molecule has 1 aliphatic heterocycles. The number of anilines is 1. The summed E-state index contributed by atoms with van der Waals surface area (Å²) in [6.45, 7) is 8.44. The molecule has 1 aliphatic rings. The smallest absolute Gasteiger partial charge is 0.232 e. The van der Waals surface area contributed by atoms with Gasteiger partial charge < -0.3 is 10.1 Å². The number of nitrogens with zero attached hydrogens (tertiary/aromatic N) is 2. The van der Waals surface area contributed by atoms with Gasteiger partial charge in [-0.1, -0.05) is 18.2 Å². The molecule has 0 saturated carbocycles. The monoisotopic (exact) mass is 383 g/mol. The highest BCUT2D eigenvalue weighted by Crippen LogP contribution is 2.26. The van der Waals surface area contributed by atoms with Crippen molar-refractivity contribution in [2.45, 2.75) is 20.3 Å². The lowest BCUT2D eigenvalue weighted by atomic mass is 10.1. The molecule has 7 nitrogen and oxygen atoms in total.